The van der Waals surface area contributed by atoms with Crippen LogP contribution in [0.15, 0.2) is 30.5 Å². The van der Waals surface area contributed by atoms with Crippen LogP contribution in [0.3, 0.4) is 0 Å². The molecular formula is C24H29N5O3S. The van der Waals surface area contributed by atoms with Crippen LogP contribution >= 0.6 is 11.8 Å². The topological polar surface area (TPSA) is 98.6 Å². The molecule has 1 aromatic heterocycles. The summed E-state index contributed by atoms with van der Waals surface area (Å²) in [7, 11) is 0. The van der Waals surface area contributed by atoms with Crippen LogP contribution in [0.25, 0.3) is 10.9 Å². The standard InChI is InChI=1S/C24H29N5O3S/c1-16(2)32-19-6-9-28(10-7-19)17-3-4-22-21(11-17)20(5-8-26-22)24(31)27-13-23(30)29-15-33-14-18(29)12-25/h3-5,8,11,16,18-19H,6-7,9-10,13-15H2,1-2H3,(H,27,31). The number of nitriles is 1. The molecule has 33 heavy (non-hydrogen) atoms. The average Bonchev–Trinajstić information content (AvgIpc) is 3.31. The third kappa shape index (κ3) is 5.40. The van der Waals surface area contributed by atoms with E-state index in [0.717, 1.165) is 42.5 Å². The monoisotopic (exact) mass is 467 g/mol. The molecule has 0 saturated carbocycles. The van der Waals surface area contributed by atoms with Gasteiger partial charge in [-0.2, -0.15) is 5.26 Å². The first kappa shape index (κ1) is 23.3. The van der Waals surface area contributed by atoms with Crippen molar-refractivity contribution in [2.24, 2.45) is 0 Å². The SMILES string of the molecule is CC(C)OC1CCN(c2ccc3nccc(C(=O)NCC(=O)N4CSCC4C#N)c3c2)CC1. The third-order valence-electron chi connectivity index (χ3n) is 5.99. The summed E-state index contributed by atoms with van der Waals surface area (Å²) < 4.78 is 5.95. The lowest BCUT2D eigenvalue weighted by Crippen LogP contribution is -2.42. The number of hydrogen-bond acceptors (Lipinski definition) is 7. The highest BCUT2D eigenvalue weighted by molar-refractivity contribution is 7.99. The number of pyridine rings is 1. The van der Waals surface area contributed by atoms with Gasteiger partial charge < -0.3 is 19.9 Å². The summed E-state index contributed by atoms with van der Waals surface area (Å²) >= 11 is 1.54. The van der Waals surface area contributed by atoms with E-state index in [9.17, 15) is 14.9 Å². The van der Waals surface area contributed by atoms with Gasteiger partial charge in [0.25, 0.3) is 5.91 Å². The van der Waals surface area contributed by atoms with Crippen molar-refractivity contribution >= 4 is 40.2 Å². The van der Waals surface area contributed by atoms with Crippen LogP contribution in [0.4, 0.5) is 5.69 Å². The molecule has 2 saturated heterocycles. The second-order valence-corrected chi connectivity index (χ2v) is 9.62. The number of anilines is 1. The quantitative estimate of drug-likeness (QED) is 0.697. The summed E-state index contributed by atoms with van der Waals surface area (Å²) in [6.07, 6.45) is 4.07. The lowest BCUT2D eigenvalue weighted by molar-refractivity contribution is -0.129. The van der Waals surface area contributed by atoms with Gasteiger partial charge in [0.1, 0.15) is 6.04 Å². The van der Waals surface area contributed by atoms with Gasteiger partial charge in [-0.25, -0.2) is 0 Å². The van der Waals surface area contributed by atoms with E-state index in [1.54, 1.807) is 24.0 Å². The maximum Gasteiger partial charge on any atom is 0.252 e. The van der Waals surface area contributed by atoms with Gasteiger partial charge in [-0.1, -0.05) is 0 Å². The largest absolute Gasteiger partial charge is 0.375 e. The zero-order valence-corrected chi connectivity index (χ0v) is 19.8. The van der Waals surface area contributed by atoms with Crippen LogP contribution in [0.1, 0.15) is 37.0 Å². The Labute approximate surface area is 198 Å². The number of aromatic nitrogens is 1. The predicted molar refractivity (Wildman–Crippen MR) is 129 cm³/mol. The van der Waals surface area contributed by atoms with E-state index in [2.05, 4.69) is 35.1 Å². The molecular weight excluding hydrogens is 438 g/mol. The van der Waals surface area contributed by atoms with Gasteiger partial charge in [0.15, 0.2) is 0 Å². The molecule has 2 aliphatic heterocycles. The molecule has 0 aliphatic carbocycles. The molecule has 174 valence electrons. The van der Waals surface area contributed by atoms with Crippen LogP contribution in [0.2, 0.25) is 0 Å². The Balaban J connectivity index is 1.45. The summed E-state index contributed by atoms with van der Waals surface area (Å²) in [6, 6.07) is 9.36. The van der Waals surface area contributed by atoms with Gasteiger partial charge >= 0.3 is 0 Å². The third-order valence-corrected chi connectivity index (χ3v) is 7.01. The van der Waals surface area contributed by atoms with Crippen molar-refractivity contribution in [1.29, 1.82) is 5.26 Å². The molecule has 2 aromatic rings. The van der Waals surface area contributed by atoms with Gasteiger partial charge in [0, 0.05) is 36.1 Å². The van der Waals surface area contributed by atoms with Crippen molar-refractivity contribution in [1.82, 2.24) is 15.2 Å². The summed E-state index contributed by atoms with van der Waals surface area (Å²) in [5, 5.41) is 12.7. The molecule has 1 unspecified atom stereocenters. The maximum absolute atomic E-state index is 13.0. The Bertz CT molecular complexity index is 1060. The number of benzene rings is 1. The fourth-order valence-corrected chi connectivity index (χ4v) is 5.42. The minimum absolute atomic E-state index is 0.134. The van der Waals surface area contributed by atoms with Gasteiger partial charge in [0.2, 0.25) is 5.91 Å². The number of thioether (sulfide) groups is 1. The maximum atomic E-state index is 13.0. The van der Waals surface area contributed by atoms with Crippen LogP contribution in [-0.4, -0.2) is 71.2 Å². The summed E-state index contributed by atoms with van der Waals surface area (Å²) in [4.78, 5) is 33.7. The minimum atomic E-state index is -0.432. The minimum Gasteiger partial charge on any atom is -0.375 e. The first-order valence-corrected chi connectivity index (χ1v) is 12.5. The molecule has 2 amide bonds. The average molecular weight is 468 g/mol. The molecule has 3 heterocycles. The molecule has 1 N–H and O–H groups in total. The smallest absolute Gasteiger partial charge is 0.252 e. The highest BCUT2D eigenvalue weighted by Crippen LogP contribution is 2.27. The molecule has 1 atom stereocenters. The number of piperidine rings is 1. The molecule has 0 spiro atoms. The zero-order chi connectivity index (χ0) is 23.4. The number of carbonyl (C=O) groups excluding carboxylic acids is 2. The zero-order valence-electron chi connectivity index (χ0n) is 19.0. The number of rotatable bonds is 6. The molecule has 4 rings (SSSR count). The van der Waals surface area contributed by atoms with Crippen molar-refractivity contribution in [3.05, 3.63) is 36.0 Å². The normalized spacial score (nSPS) is 19.2. The number of amides is 2. The highest BCUT2D eigenvalue weighted by atomic mass is 32.2. The predicted octanol–water partition coefficient (Wildman–Crippen LogP) is 2.78. The Morgan fingerprint density at radius 2 is 2.09 bits per heavy atom. The molecule has 0 radical (unpaired) electrons. The molecule has 8 nitrogen and oxygen atoms in total. The van der Waals surface area contributed by atoms with E-state index in [-0.39, 0.29) is 30.6 Å². The van der Waals surface area contributed by atoms with Crippen molar-refractivity contribution in [3.8, 4) is 6.07 Å². The number of hydrogen-bond donors (Lipinski definition) is 1. The second kappa shape index (κ2) is 10.4. The van der Waals surface area contributed by atoms with Crippen molar-refractivity contribution in [2.45, 2.75) is 44.9 Å². The lowest BCUT2D eigenvalue weighted by atomic mass is 10.0. The van der Waals surface area contributed by atoms with Crippen molar-refractivity contribution < 1.29 is 14.3 Å². The van der Waals surface area contributed by atoms with Gasteiger partial charge in [0.05, 0.1) is 41.8 Å². The lowest BCUT2D eigenvalue weighted by Gasteiger charge is -2.34. The number of nitrogens with zero attached hydrogens (tertiary/aromatic N) is 4. The van der Waals surface area contributed by atoms with E-state index >= 15 is 0 Å². The van der Waals surface area contributed by atoms with E-state index in [4.69, 9.17) is 4.74 Å². The first-order valence-electron chi connectivity index (χ1n) is 11.3. The molecule has 2 aliphatic rings. The molecule has 9 heteroatoms. The Morgan fingerprint density at radius 1 is 1.30 bits per heavy atom. The van der Waals surface area contributed by atoms with Crippen LogP contribution in [-0.2, 0) is 9.53 Å². The fourth-order valence-electron chi connectivity index (χ4n) is 4.31. The highest BCUT2D eigenvalue weighted by Gasteiger charge is 2.29. The van der Waals surface area contributed by atoms with Crippen LogP contribution < -0.4 is 10.2 Å². The van der Waals surface area contributed by atoms with E-state index in [1.165, 1.54) is 4.90 Å². The number of nitrogens with one attached hydrogen (secondary N) is 1. The first-order chi connectivity index (χ1) is 16.0. The van der Waals surface area contributed by atoms with E-state index in [1.807, 2.05) is 18.2 Å². The van der Waals surface area contributed by atoms with Crippen LogP contribution in [0, 0.1) is 11.3 Å². The summed E-state index contributed by atoms with van der Waals surface area (Å²) in [5.74, 6) is 0.519. The molecule has 1 aromatic carbocycles. The second-order valence-electron chi connectivity index (χ2n) is 8.62. The Hall–Kier alpha value is -2.83. The Kier molecular flexibility index (Phi) is 7.36. The van der Waals surface area contributed by atoms with E-state index < -0.39 is 6.04 Å². The van der Waals surface area contributed by atoms with Gasteiger partial charge in [-0.15, -0.1) is 11.8 Å². The van der Waals surface area contributed by atoms with Crippen LogP contribution in [0.5, 0.6) is 0 Å². The summed E-state index contributed by atoms with van der Waals surface area (Å²) in [6.45, 7) is 5.79. The van der Waals surface area contributed by atoms with Crippen molar-refractivity contribution in [3.63, 3.8) is 0 Å². The molecule has 2 fully saturated rings. The van der Waals surface area contributed by atoms with Gasteiger partial charge in [-0.3, -0.25) is 14.6 Å². The fraction of sp³-hybridized carbons (Fsp3) is 0.500. The summed E-state index contributed by atoms with van der Waals surface area (Å²) in [5.41, 5.74) is 2.27. The Morgan fingerprint density at radius 3 is 2.82 bits per heavy atom. The molecule has 0 bridgehead atoms. The van der Waals surface area contributed by atoms with Gasteiger partial charge in [-0.05, 0) is 51.0 Å². The number of fused-ring (bicyclic) bond motifs is 1. The van der Waals surface area contributed by atoms with Crippen molar-refractivity contribution in [2.75, 3.05) is 36.2 Å². The number of carbonyl (C=O) groups is 2. The number of ether oxygens (including phenoxy) is 1. The van der Waals surface area contributed by atoms with E-state index in [0.29, 0.717) is 17.2 Å².